The van der Waals surface area contributed by atoms with E-state index in [9.17, 15) is 9.59 Å². The van der Waals surface area contributed by atoms with E-state index in [0.29, 0.717) is 13.1 Å². The molecule has 0 bridgehead atoms. The van der Waals surface area contributed by atoms with Crippen molar-refractivity contribution in [2.24, 2.45) is 0 Å². The summed E-state index contributed by atoms with van der Waals surface area (Å²) in [6.07, 6.45) is 0.439. The highest BCUT2D eigenvalue weighted by molar-refractivity contribution is 7.12. The molecule has 1 unspecified atom stereocenters. The van der Waals surface area contributed by atoms with Gasteiger partial charge in [0, 0.05) is 28.9 Å². The maximum Gasteiger partial charge on any atom is 0.407 e. The van der Waals surface area contributed by atoms with Crippen LogP contribution in [0.15, 0.2) is 12.1 Å². The normalized spacial score (nSPS) is 12.7. The Morgan fingerprint density at radius 2 is 1.96 bits per heavy atom. The van der Waals surface area contributed by atoms with Crippen molar-refractivity contribution < 1.29 is 19.4 Å². The van der Waals surface area contributed by atoms with Gasteiger partial charge in [0.1, 0.15) is 5.60 Å². The highest BCUT2D eigenvalue weighted by atomic mass is 32.1. The van der Waals surface area contributed by atoms with Crippen molar-refractivity contribution in [3.8, 4) is 0 Å². The van der Waals surface area contributed by atoms with Crippen LogP contribution in [0.5, 0.6) is 0 Å². The standard InChI is InChI=1S/C16H26N2O4S/c1-5-11(18-15(21)22-16(2,3)4)9-17-10-13-7-6-12(23-13)8-14(19)20/h6-7,11,17H,5,8-10H2,1-4H3,(H,18,21)(H,19,20). The van der Waals surface area contributed by atoms with Crippen molar-refractivity contribution in [3.63, 3.8) is 0 Å². The Morgan fingerprint density at radius 3 is 2.52 bits per heavy atom. The van der Waals surface area contributed by atoms with Gasteiger partial charge >= 0.3 is 12.1 Å². The molecule has 23 heavy (non-hydrogen) atoms. The number of hydrogen-bond donors (Lipinski definition) is 3. The fourth-order valence-electron chi connectivity index (χ4n) is 1.90. The molecule has 1 aromatic heterocycles. The Kier molecular flexibility index (Phi) is 7.51. The quantitative estimate of drug-likeness (QED) is 0.676. The number of alkyl carbamates (subject to hydrolysis) is 1. The molecule has 0 aliphatic carbocycles. The molecule has 1 atom stereocenters. The summed E-state index contributed by atoms with van der Waals surface area (Å²) >= 11 is 1.49. The summed E-state index contributed by atoms with van der Waals surface area (Å²) in [7, 11) is 0. The third kappa shape index (κ3) is 8.56. The van der Waals surface area contributed by atoms with Crippen LogP contribution in [0.2, 0.25) is 0 Å². The fraction of sp³-hybridized carbons (Fsp3) is 0.625. The minimum Gasteiger partial charge on any atom is -0.481 e. The molecule has 0 saturated heterocycles. The number of amides is 1. The van der Waals surface area contributed by atoms with Gasteiger partial charge in [0.05, 0.1) is 6.42 Å². The van der Waals surface area contributed by atoms with Gasteiger partial charge in [-0.2, -0.15) is 0 Å². The summed E-state index contributed by atoms with van der Waals surface area (Å²) in [5, 5.41) is 14.9. The zero-order valence-electron chi connectivity index (χ0n) is 14.1. The van der Waals surface area contributed by atoms with Crippen LogP contribution in [0, 0.1) is 0 Å². The first kappa shape index (κ1) is 19.4. The third-order valence-electron chi connectivity index (χ3n) is 2.95. The first-order valence-electron chi connectivity index (χ1n) is 7.69. The second-order valence-corrected chi connectivity index (χ2v) is 7.57. The van der Waals surface area contributed by atoms with Gasteiger partial charge in [0.15, 0.2) is 0 Å². The predicted molar refractivity (Wildman–Crippen MR) is 90.8 cm³/mol. The molecule has 7 heteroatoms. The molecule has 0 radical (unpaired) electrons. The summed E-state index contributed by atoms with van der Waals surface area (Å²) in [5.74, 6) is -0.820. The number of hydrogen-bond acceptors (Lipinski definition) is 5. The van der Waals surface area contributed by atoms with Crippen LogP contribution in [0.1, 0.15) is 43.9 Å². The molecule has 0 saturated carbocycles. The van der Waals surface area contributed by atoms with Gasteiger partial charge in [-0.05, 0) is 39.3 Å². The van der Waals surface area contributed by atoms with Crippen LogP contribution in [0.4, 0.5) is 4.79 Å². The van der Waals surface area contributed by atoms with Crippen molar-refractivity contribution in [2.75, 3.05) is 6.54 Å². The maximum absolute atomic E-state index is 11.8. The molecule has 0 aliphatic rings. The Labute approximate surface area is 141 Å². The minimum absolute atomic E-state index is 0.0108. The number of carboxylic acid groups (broad SMARTS) is 1. The molecule has 0 aromatic carbocycles. The van der Waals surface area contributed by atoms with Gasteiger partial charge in [-0.15, -0.1) is 11.3 Å². The van der Waals surface area contributed by atoms with E-state index >= 15 is 0 Å². The second-order valence-electron chi connectivity index (χ2n) is 6.32. The van der Waals surface area contributed by atoms with Crippen LogP contribution in [-0.2, 0) is 22.5 Å². The second kappa shape index (κ2) is 8.88. The zero-order chi connectivity index (χ0) is 17.5. The lowest BCUT2D eigenvalue weighted by Gasteiger charge is -2.23. The van der Waals surface area contributed by atoms with Crippen molar-refractivity contribution >= 4 is 23.4 Å². The predicted octanol–water partition coefficient (Wildman–Crippen LogP) is 2.77. The smallest absolute Gasteiger partial charge is 0.407 e. The molecule has 130 valence electrons. The van der Waals surface area contributed by atoms with Crippen molar-refractivity contribution in [3.05, 3.63) is 21.9 Å². The van der Waals surface area contributed by atoms with Gasteiger partial charge in [-0.25, -0.2) is 4.79 Å². The molecular formula is C16H26N2O4S. The van der Waals surface area contributed by atoms with E-state index in [0.717, 1.165) is 16.2 Å². The van der Waals surface area contributed by atoms with Crippen molar-refractivity contribution in [2.45, 2.75) is 58.7 Å². The molecule has 0 spiro atoms. The molecule has 0 fully saturated rings. The zero-order valence-corrected chi connectivity index (χ0v) is 15.0. The molecule has 0 aliphatic heterocycles. The summed E-state index contributed by atoms with van der Waals surface area (Å²) in [5.41, 5.74) is -0.507. The van der Waals surface area contributed by atoms with E-state index < -0.39 is 17.7 Å². The first-order valence-corrected chi connectivity index (χ1v) is 8.51. The lowest BCUT2D eigenvalue weighted by atomic mass is 10.2. The summed E-state index contributed by atoms with van der Waals surface area (Å²) in [6, 6.07) is 3.76. The van der Waals surface area contributed by atoms with Crippen LogP contribution < -0.4 is 10.6 Å². The van der Waals surface area contributed by atoms with E-state index in [1.54, 1.807) is 0 Å². The first-order chi connectivity index (χ1) is 10.7. The van der Waals surface area contributed by atoms with E-state index in [1.807, 2.05) is 39.8 Å². The van der Waals surface area contributed by atoms with Gasteiger partial charge < -0.3 is 20.5 Å². The topological polar surface area (TPSA) is 87.7 Å². The van der Waals surface area contributed by atoms with Gasteiger partial charge in [-0.3, -0.25) is 4.79 Å². The van der Waals surface area contributed by atoms with E-state index in [1.165, 1.54) is 11.3 Å². The van der Waals surface area contributed by atoms with Crippen molar-refractivity contribution in [1.29, 1.82) is 0 Å². The molecule has 1 heterocycles. The lowest BCUT2D eigenvalue weighted by molar-refractivity contribution is -0.136. The van der Waals surface area contributed by atoms with E-state index in [2.05, 4.69) is 10.6 Å². The number of carbonyl (C=O) groups excluding carboxylic acids is 1. The van der Waals surface area contributed by atoms with Crippen LogP contribution in [-0.4, -0.2) is 35.4 Å². The van der Waals surface area contributed by atoms with Crippen LogP contribution >= 0.6 is 11.3 Å². The Balaban J connectivity index is 2.35. The highest BCUT2D eigenvalue weighted by Gasteiger charge is 2.18. The van der Waals surface area contributed by atoms with Gasteiger partial charge in [0.2, 0.25) is 0 Å². The fourth-order valence-corrected chi connectivity index (χ4v) is 2.88. The molecule has 3 N–H and O–H groups in total. The van der Waals surface area contributed by atoms with Crippen molar-refractivity contribution in [1.82, 2.24) is 10.6 Å². The summed E-state index contributed by atoms with van der Waals surface area (Å²) < 4.78 is 5.24. The number of ether oxygens (including phenoxy) is 1. The highest BCUT2D eigenvalue weighted by Crippen LogP contribution is 2.16. The number of carbonyl (C=O) groups is 2. The van der Waals surface area contributed by atoms with Gasteiger partial charge in [0.25, 0.3) is 0 Å². The number of thiophene rings is 1. The molecular weight excluding hydrogens is 316 g/mol. The Hall–Kier alpha value is -1.60. The summed E-state index contributed by atoms with van der Waals surface area (Å²) in [6.45, 7) is 8.77. The third-order valence-corrected chi connectivity index (χ3v) is 4.03. The Morgan fingerprint density at radius 1 is 1.30 bits per heavy atom. The van der Waals surface area contributed by atoms with Crippen LogP contribution in [0.25, 0.3) is 0 Å². The minimum atomic E-state index is -0.820. The molecule has 1 amide bonds. The average Bonchev–Trinajstić information content (AvgIpc) is 2.82. The summed E-state index contributed by atoms with van der Waals surface area (Å²) in [4.78, 5) is 24.3. The average molecular weight is 342 g/mol. The molecule has 1 aromatic rings. The lowest BCUT2D eigenvalue weighted by Crippen LogP contribution is -2.43. The number of aliphatic carboxylic acids is 1. The molecule has 1 rings (SSSR count). The number of carboxylic acids is 1. The van der Waals surface area contributed by atoms with E-state index in [4.69, 9.17) is 9.84 Å². The Bertz CT molecular complexity index is 522. The maximum atomic E-state index is 11.8. The molecule has 6 nitrogen and oxygen atoms in total. The van der Waals surface area contributed by atoms with E-state index in [-0.39, 0.29) is 12.5 Å². The van der Waals surface area contributed by atoms with Crippen LogP contribution in [0.3, 0.4) is 0 Å². The SMILES string of the molecule is CCC(CNCc1ccc(CC(=O)O)s1)NC(=O)OC(C)(C)C. The number of nitrogens with one attached hydrogen (secondary N) is 2. The monoisotopic (exact) mass is 342 g/mol. The number of rotatable bonds is 8. The van der Waals surface area contributed by atoms with Gasteiger partial charge in [-0.1, -0.05) is 6.92 Å². The largest absolute Gasteiger partial charge is 0.481 e.